The number of carbonyl (C=O) groups is 1. The number of anilines is 1. The van der Waals surface area contributed by atoms with Gasteiger partial charge in [-0.1, -0.05) is 24.3 Å². The highest BCUT2D eigenvalue weighted by Gasteiger charge is 2.30. The second kappa shape index (κ2) is 9.86. The van der Waals surface area contributed by atoms with Crippen LogP contribution in [-0.2, 0) is 6.18 Å². The van der Waals surface area contributed by atoms with Crippen molar-refractivity contribution in [3.63, 3.8) is 0 Å². The predicted octanol–water partition coefficient (Wildman–Crippen LogP) is 1.81. The van der Waals surface area contributed by atoms with Gasteiger partial charge >= 0.3 is 6.18 Å². The Morgan fingerprint density at radius 2 is 1.74 bits per heavy atom. The van der Waals surface area contributed by atoms with Gasteiger partial charge in [-0.05, 0) is 17.7 Å². The zero-order chi connectivity index (χ0) is 22.4. The summed E-state index contributed by atoms with van der Waals surface area (Å²) in [7, 11) is 0. The molecule has 1 amide bonds. The van der Waals surface area contributed by atoms with E-state index in [0.29, 0.717) is 37.7 Å². The summed E-state index contributed by atoms with van der Waals surface area (Å²) in [4.78, 5) is 23.6. The van der Waals surface area contributed by atoms with Crippen molar-refractivity contribution in [1.29, 1.82) is 0 Å². The quantitative estimate of drug-likeness (QED) is 0.468. The standard InChI is InChI=1S/C20H22F3N5O3/c21-20(22,23)16-4-1-14(2-5-16)3-6-17(13-29)27-7-9-28(10-8-27)19-24-11-15(12-25-19)18(30)26-31/h1-6,11-12,17,29,31H,7-10,13H2,(H,26,30). The van der Waals surface area contributed by atoms with Crippen molar-refractivity contribution < 1.29 is 28.3 Å². The van der Waals surface area contributed by atoms with Crippen LogP contribution in [0.2, 0.25) is 0 Å². The van der Waals surface area contributed by atoms with E-state index in [9.17, 15) is 23.1 Å². The highest BCUT2D eigenvalue weighted by molar-refractivity contribution is 5.92. The molecular weight excluding hydrogens is 415 g/mol. The first-order chi connectivity index (χ1) is 14.8. The van der Waals surface area contributed by atoms with E-state index in [2.05, 4.69) is 14.9 Å². The molecule has 3 rings (SSSR count). The largest absolute Gasteiger partial charge is 0.416 e. The Labute approximate surface area is 176 Å². The van der Waals surface area contributed by atoms with Gasteiger partial charge in [0.25, 0.3) is 5.91 Å². The van der Waals surface area contributed by atoms with Crippen LogP contribution in [0.4, 0.5) is 19.1 Å². The normalized spacial score (nSPS) is 16.5. The third-order valence-corrected chi connectivity index (χ3v) is 5.00. The molecule has 1 atom stereocenters. The molecule has 8 nitrogen and oxygen atoms in total. The van der Waals surface area contributed by atoms with Gasteiger partial charge in [-0.25, -0.2) is 15.4 Å². The van der Waals surface area contributed by atoms with Gasteiger partial charge in [0.1, 0.15) is 0 Å². The molecule has 2 heterocycles. The maximum atomic E-state index is 12.7. The van der Waals surface area contributed by atoms with Gasteiger partial charge in [0.05, 0.1) is 23.8 Å². The molecule has 0 saturated carbocycles. The van der Waals surface area contributed by atoms with E-state index in [1.165, 1.54) is 30.0 Å². The van der Waals surface area contributed by atoms with Gasteiger partial charge in [0.2, 0.25) is 5.95 Å². The van der Waals surface area contributed by atoms with E-state index >= 15 is 0 Å². The molecular formula is C20H22F3N5O3. The number of hydrogen-bond acceptors (Lipinski definition) is 7. The van der Waals surface area contributed by atoms with E-state index < -0.39 is 17.6 Å². The Hall–Kier alpha value is -3.02. The third-order valence-electron chi connectivity index (χ3n) is 5.00. The molecule has 1 aliphatic rings. The Morgan fingerprint density at radius 1 is 1.13 bits per heavy atom. The van der Waals surface area contributed by atoms with Gasteiger partial charge in [-0.15, -0.1) is 0 Å². The van der Waals surface area contributed by atoms with Gasteiger partial charge < -0.3 is 10.0 Å². The Bertz CT molecular complexity index is 896. The van der Waals surface area contributed by atoms with Crippen LogP contribution in [0.3, 0.4) is 0 Å². The van der Waals surface area contributed by atoms with Gasteiger partial charge in [-0.2, -0.15) is 13.2 Å². The lowest BCUT2D eigenvalue weighted by molar-refractivity contribution is -0.137. The van der Waals surface area contributed by atoms with Crippen LogP contribution in [0.1, 0.15) is 21.5 Å². The molecule has 1 unspecified atom stereocenters. The summed E-state index contributed by atoms with van der Waals surface area (Å²) in [5, 5.41) is 18.4. The van der Waals surface area contributed by atoms with Crippen LogP contribution in [0.25, 0.3) is 6.08 Å². The minimum absolute atomic E-state index is 0.126. The molecule has 1 aromatic heterocycles. The number of aliphatic hydroxyl groups excluding tert-OH is 1. The van der Waals surface area contributed by atoms with Crippen LogP contribution in [0.15, 0.2) is 42.7 Å². The topological polar surface area (TPSA) is 102 Å². The number of amides is 1. The number of hydroxylamine groups is 1. The number of aromatic nitrogens is 2. The second-order valence-electron chi connectivity index (χ2n) is 6.96. The molecule has 31 heavy (non-hydrogen) atoms. The van der Waals surface area contributed by atoms with Crippen LogP contribution in [0, 0.1) is 0 Å². The van der Waals surface area contributed by atoms with Gasteiger partial charge in [0.15, 0.2) is 0 Å². The summed E-state index contributed by atoms with van der Waals surface area (Å²) in [5.41, 5.74) is 1.57. The molecule has 2 aromatic rings. The van der Waals surface area contributed by atoms with Crippen LogP contribution >= 0.6 is 0 Å². The number of hydrogen-bond donors (Lipinski definition) is 3. The highest BCUT2D eigenvalue weighted by Crippen LogP contribution is 2.29. The molecule has 0 spiro atoms. The Kier molecular flexibility index (Phi) is 7.21. The number of nitrogens with one attached hydrogen (secondary N) is 1. The summed E-state index contributed by atoms with van der Waals surface area (Å²) in [6, 6.07) is 4.57. The van der Waals surface area contributed by atoms with Crippen LogP contribution < -0.4 is 10.4 Å². The molecule has 1 aromatic carbocycles. The minimum Gasteiger partial charge on any atom is -0.394 e. The number of carbonyl (C=O) groups excluding carboxylic acids is 1. The van der Waals surface area contributed by atoms with E-state index in [-0.39, 0.29) is 18.2 Å². The van der Waals surface area contributed by atoms with Crippen molar-refractivity contribution in [3.05, 3.63) is 59.4 Å². The van der Waals surface area contributed by atoms with Crippen molar-refractivity contribution in [3.8, 4) is 0 Å². The van der Waals surface area contributed by atoms with E-state index in [1.54, 1.807) is 12.2 Å². The van der Waals surface area contributed by atoms with Crippen molar-refractivity contribution >= 4 is 17.9 Å². The predicted molar refractivity (Wildman–Crippen MR) is 106 cm³/mol. The molecule has 3 N–H and O–H groups in total. The summed E-state index contributed by atoms with van der Waals surface area (Å²) in [5.74, 6) is -0.239. The first-order valence-electron chi connectivity index (χ1n) is 9.53. The number of rotatable bonds is 6. The lowest BCUT2D eigenvalue weighted by atomic mass is 10.1. The maximum Gasteiger partial charge on any atom is 0.416 e. The summed E-state index contributed by atoms with van der Waals surface area (Å²) in [6.07, 6.45) is 1.75. The van der Waals surface area contributed by atoms with Crippen molar-refractivity contribution in [2.75, 3.05) is 37.7 Å². The monoisotopic (exact) mass is 437 g/mol. The van der Waals surface area contributed by atoms with Crippen LogP contribution in [0.5, 0.6) is 0 Å². The fourth-order valence-corrected chi connectivity index (χ4v) is 3.22. The smallest absolute Gasteiger partial charge is 0.394 e. The first kappa shape index (κ1) is 22.7. The lowest BCUT2D eigenvalue weighted by Gasteiger charge is -2.37. The SMILES string of the molecule is O=C(NO)c1cnc(N2CCN(C(C=Cc3ccc(C(F)(F)F)cc3)CO)CC2)nc1. The van der Waals surface area contributed by atoms with Crippen molar-refractivity contribution in [2.45, 2.75) is 12.2 Å². The molecule has 0 aliphatic carbocycles. The minimum atomic E-state index is -4.37. The van der Waals surface area contributed by atoms with Gasteiger partial charge in [0, 0.05) is 38.6 Å². The zero-order valence-electron chi connectivity index (χ0n) is 16.5. The molecule has 1 saturated heterocycles. The molecule has 0 bridgehead atoms. The van der Waals surface area contributed by atoms with E-state index in [0.717, 1.165) is 12.1 Å². The number of benzene rings is 1. The van der Waals surface area contributed by atoms with E-state index in [1.807, 2.05) is 4.90 Å². The molecule has 11 heteroatoms. The zero-order valence-corrected chi connectivity index (χ0v) is 16.5. The van der Waals surface area contributed by atoms with E-state index in [4.69, 9.17) is 5.21 Å². The van der Waals surface area contributed by atoms with Crippen LogP contribution in [-0.4, -0.2) is 69.9 Å². The molecule has 1 aliphatic heterocycles. The number of alkyl halides is 3. The number of halogens is 3. The van der Waals surface area contributed by atoms with Crippen molar-refractivity contribution in [1.82, 2.24) is 20.3 Å². The Morgan fingerprint density at radius 3 is 2.26 bits per heavy atom. The average Bonchev–Trinajstić information content (AvgIpc) is 2.79. The summed E-state index contributed by atoms with van der Waals surface area (Å²) in [6.45, 7) is 2.29. The fraction of sp³-hybridized carbons (Fsp3) is 0.350. The maximum absolute atomic E-state index is 12.7. The highest BCUT2D eigenvalue weighted by atomic mass is 19.4. The average molecular weight is 437 g/mol. The van der Waals surface area contributed by atoms with Gasteiger partial charge in [-0.3, -0.25) is 14.9 Å². The summed E-state index contributed by atoms with van der Waals surface area (Å²) >= 11 is 0. The molecule has 0 radical (unpaired) electrons. The fourth-order valence-electron chi connectivity index (χ4n) is 3.22. The number of piperazine rings is 1. The molecule has 1 fully saturated rings. The number of aliphatic hydroxyl groups is 1. The molecule has 166 valence electrons. The first-order valence-corrected chi connectivity index (χ1v) is 9.53. The number of nitrogens with zero attached hydrogens (tertiary/aromatic N) is 4. The Balaban J connectivity index is 1.57. The second-order valence-corrected chi connectivity index (χ2v) is 6.96. The summed E-state index contributed by atoms with van der Waals surface area (Å²) < 4.78 is 38.0. The lowest BCUT2D eigenvalue weighted by Crippen LogP contribution is -2.51. The third kappa shape index (κ3) is 5.78. The van der Waals surface area contributed by atoms with Crippen molar-refractivity contribution in [2.24, 2.45) is 0 Å².